The van der Waals surface area contributed by atoms with Crippen molar-refractivity contribution in [2.45, 2.75) is 19.8 Å². The highest BCUT2D eigenvalue weighted by molar-refractivity contribution is 6.07. The van der Waals surface area contributed by atoms with E-state index < -0.39 is 0 Å². The number of unbranched alkanes of at least 4 members (excludes halogenated alkanes) is 1. The molecular weight excluding hydrogens is 442 g/mol. The van der Waals surface area contributed by atoms with Gasteiger partial charge >= 0.3 is 0 Å². The molecule has 3 aromatic carbocycles. The number of hydrogen-bond acceptors (Lipinski definition) is 6. The molecule has 1 aliphatic rings. The molecule has 5 rings (SSSR count). The van der Waals surface area contributed by atoms with Crippen LogP contribution in [0.15, 0.2) is 77.9 Å². The number of benzene rings is 3. The van der Waals surface area contributed by atoms with E-state index in [1.807, 2.05) is 66.7 Å². The van der Waals surface area contributed by atoms with Crippen LogP contribution in [0.5, 0.6) is 17.2 Å². The van der Waals surface area contributed by atoms with Crippen LogP contribution in [0.2, 0.25) is 0 Å². The Morgan fingerprint density at radius 2 is 1.94 bits per heavy atom. The molecular formula is C28H25N3O4. The van der Waals surface area contributed by atoms with Gasteiger partial charge in [0.15, 0.2) is 11.5 Å². The number of carbonyl (C=O) groups excluding carboxylic acids is 1. The number of amides is 1. The lowest BCUT2D eigenvalue weighted by atomic mass is 10.0. The number of fused-ring (bicyclic) bond motifs is 2. The zero-order chi connectivity index (χ0) is 24.0. The number of hydrazone groups is 1. The van der Waals surface area contributed by atoms with E-state index in [0.29, 0.717) is 29.4 Å². The fourth-order valence-corrected chi connectivity index (χ4v) is 3.81. The summed E-state index contributed by atoms with van der Waals surface area (Å²) >= 11 is 0. The summed E-state index contributed by atoms with van der Waals surface area (Å²) in [6, 6.07) is 22.6. The molecule has 0 unspecified atom stereocenters. The Morgan fingerprint density at radius 3 is 2.86 bits per heavy atom. The Bertz CT molecular complexity index is 1400. The minimum Gasteiger partial charge on any atom is -0.494 e. The molecule has 1 aromatic heterocycles. The fraction of sp³-hybridized carbons (Fsp3) is 0.179. The monoisotopic (exact) mass is 467 g/mol. The summed E-state index contributed by atoms with van der Waals surface area (Å²) in [6.07, 6.45) is 3.64. The summed E-state index contributed by atoms with van der Waals surface area (Å²) in [4.78, 5) is 17.9. The predicted molar refractivity (Wildman–Crippen MR) is 135 cm³/mol. The van der Waals surface area contributed by atoms with Crippen molar-refractivity contribution in [3.63, 3.8) is 0 Å². The summed E-state index contributed by atoms with van der Waals surface area (Å²) in [5, 5.41) is 4.90. The molecule has 0 saturated carbocycles. The molecule has 7 heteroatoms. The smallest absolute Gasteiger partial charge is 0.272 e. The van der Waals surface area contributed by atoms with Crippen molar-refractivity contribution >= 4 is 23.0 Å². The van der Waals surface area contributed by atoms with E-state index in [1.54, 1.807) is 12.3 Å². The van der Waals surface area contributed by atoms with Crippen LogP contribution in [0, 0.1) is 0 Å². The molecule has 1 amide bonds. The minimum atomic E-state index is -0.322. The van der Waals surface area contributed by atoms with Crippen LogP contribution in [-0.2, 0) is 0 Å². The van der Waals surface area contributed by atoms with E-state index in [-0.39, 0.29) is 12.7 Å². The van der Waals surface area contributed by atoms with Gasteiger partial charge in [-0.2, -0.15) is 5.10 Å². The number of rotatable bonds is 8. The van der Waals surface area contributed by atoms with Gasteiger partial charge in [-0.3, -0.25) is 4.79 Å². The molecule has 0 bridgehead atoms. The van der Waals surface area contributed by atoms with Crippen LogP contribution in [-0.4, -0.2) is 30.5 Å². The van der Waals surface area contributed by atoms with E-state index in [2.05, 4.69) is 17.5 Å². The van der Waals surface area contributed by atoms with Gasteiger partial charge in [0.05, 0.1) is 29.6 Å². The Balaban J connectivity index is 1.40. The van der Waals surface area contributed by atoms with E-state index in [4.69, 9.17) is 19.2 Å². The van der Waals surface area contributed by atoms with Gasteiger partial charge in [-0.15, -0.1) is 0 Å². The first-order chi connectivity index (χ1) is 17.2. The van der Waals surface area contributed by atoms with E-state index >= 15 is 0 Å². The van der Waals surface area contributed by atoms with Crippen molar-refractivity contribution < 1.29 is 19.0 Å². The third kappa shape index (κ3) is 5.09. The Morgan fingerprint density at radius 1 is 1.06 bits per heavy atom. The first-order valence-electron chi connectivity index (χ1n) is 11.6. The highest BCUT2D eigenvalue weighted by Gasteiger charge is 2.15. The summed E-state index contributed by atoms with van der Waals surface area (Å²) < 4.78 is 16.6. The van der Waals surface area contributed by atoms with Gasteiger partial charge in [0.25, 0.3) is 5.91 Å². The van der Waals surface area contributed by atoms with Gasteiger partial charge in [-0.25, -0.2) is 10.4 Å². The summed E-state index contributed by atoms with van der Waals surface area (Å²) in [5.74, 6) is 1.81. The third-order valence-electron chi connectivity index (χ3n) is 5.63. The van der Waals surface area contributed by atoms with Crippen molar-refractivity contribution in [1.82, 2.24) is 10.4 Å². The average molecular weight is 468 g/mol. The fourth-order valence-electron chi connectivity index (χ4n) is 3.81. The number of pyridine rings is 1. The molecule has 0 fully saturated rings. The second-order valence-electron chi connectivity index (χ2n) is 8.11. The summed E-state index contributed by atoms with van der Waals surface area (Å²) in [6.45, 7) is 3.00. The first-order valence-corrected chi connectivity index (χ1v) is 11.6. The molecule has 4 aromatic rings. The molecule has 0 saturated heterocycles. The number of ether oxygens (including phenoxy) is 3. The lowest BCUT2D eigenvalue weighted by molar-refractivity contribution is 0.0956. The zero-order valence-corrected chi connectivity index (χ0v) is 19.4. The quantitative estimate of drug-likeness (QED) is 0.208. The van der Waals surface area contributed by atoms with Gasteiger partial charge in [-0.1, -0.05) is 43.7 Å². The largest absolute Gasteiger partial charge is 0.494 e. The second-order valence-corrected chi connectivity index (χ2v) is 8.11. The first kappa shape index (κ1) is 22.4. The lowest BCUT2D eigenvalue weighted by Crippen LogP contribution is -2.18. The number of hydrogen-bond donors (Lipinski definition) is 1. The van der Waals surface area contributed by atoms with Crippen LogP contribution in [0.3, 0.4) is 0 Å². The van der Waals surface area contributed by atoms with Crippen molar-refractivity contribution in [3.8, 4) is 28.5 Å². The molecule has 0 aliphatic carbocycles. The normalized spacial score (nSPS) is 12.3. The molecule has 0 spiro atoms. The molecule has 7 nitrogen and oxygen atoms in total. The van der Waals surface area contributed by atoms with E-state index in [0.717, 1.165) is 40.6 Å². The maximum absolute atomic E-state index is 13.1. The molecule has 0 atom stereocenters. The Labute approximate surface area is 203 Å². The van der Waals surface area contributed by atoms with Crippen LogP contribution >= 0.6 is 0 Å². The topological polar surface area (TPSA) is 82.0 Å². The van der Waals surface area contributed by atoms with E-state index in [9.17, 15) is 4.79 Å². The standard InChI is InChI=1S/C28H25N3O4/c1-2-3-13-33-21-8-6-7-20(15-21)25-16-23(22-9-4-5-10-24(22)30-25)28(32)31-29-17-19-11-12-26-27(14-19)35-18-34-26/h4-12,14-17H,2-3,13,18H2,1H3,(H,31,32)/b29-17-. The minimum absolute atomic E-state index is 0.206. The van der Waals surface area contributed by atoms with E-state index in [1.165, 1.54) is 0 Å². The number of para-hydroxylation sites is 1. The summed E-state index contributed by atoms with van der Waals surface area (Å²) in [5.41, 5.74) is 6.21. The van der Waals surface area contributed by atoms with Crippen LogP contribution in [0.25, 0.3) is 22.2 Å². The molecule has 1 aliphatic heterocycles. The number of carbonyl (C=O) groups is 1. The van der Waals surface area contributed by atoms with Crippen LogP contribution < -0.4 is 19.6 Å². The second kappa shape index (κ2) is 10.3. The zero-order valence-electron chi connectivity index (χ0n) is 19.4. The van der Waals surface area contributed by atoms with Gasteiger partial charge in [0.2, 0.25) is 6.79 Å². The van der Waals surface area contributed by atoms with Crippen molar-refractivity contribution in [1.29, 1.82) is 0 Å². The average Bonchev–Trinajstić information content (AvgIpc) is 3.36. The Kier molecular flexibility index (Phi) is 6.57. The predicted octanol–water partition coefficient (Wildman–Crippen LogP) is 5.57. The van der Waals surface area contributed by atoms with Gasteiger partial charge in [0.1, 0.15) is 5.75 Å². The van der Waals surface area contributed by atoms with Crippen LogP contribution in [0.1, 0.15) is 35.7 Å². The van der Waals surface area contributed by atoms with Crippen LogP contribution in [0.4, 0.5) is 0 Å². The maximum Gasteiger partial charge on any atom is 0.272 e. The number of nitrogens with zero attached hydrogens (tertiary/aromatic N) is 2. The van der Waals surface area contributed by atoms with Crippen molar-refractivity contribution in [2.75, 3.05) is 13.4 Å². The highest BCUT2D eigenvalue weighted by Crippen LogP contribution is 2.32. The molecule has 0 radical (unpaired) electrons. The van der Waals surface area contributed by atoms with Crippen molar-refractivity contribution in [3.05, 3.63) is 83.9 Å². The molecule has 2 heterocycles. The molecule has 1 N–H and O–H groups in total. The maximum atomic E-state index is 13.1. The van der Waals surface area contributed by atoms with Gasteiger partial charge in [0, 0.05) is 10.9 Å². The number of nitrogens with one attached hydrogen (secondary N) is 1. The lowest BCUT2D eigenvalue weighted by Gasteiger charge is -2.11. The SMILES string of the molecule is CCCCOc1cccc(-c2cc(C(=O)N/N=C\c3ccc4c(c3)OCO4)c3ccccc3n2)c1. The summed E-state index contributed by atoms with van der Waals surface area (Å²) in [7, 11) is 0. The van der Waals surface area contributed by atoms with Crippen molar-refractivity contribution in [2.24, 2.45) is 5.10 Å². The third-order valence-corrected chi connectivity index (χ3v) is 5.63. The number of aromatic nitrogens is 1. The van der Waals surface area contributed by atoms with Gasteiger partial charge < -0.3 is 14.2 Å². The highest BCUT2D eigenvalue weighted by atomic mass is 16.7. The molecule has 176 valence electrons. The van der Waals surface area contributed by atoms with Gasteiger partial charge in [-0.05, 0) is 54.4 Å². The Hall–Kier alpha value is -4.39. The molecule has 35 heavy (non-hydrogen) atoms.